The van der Waals surface area contributed by atoms with Crippen molar-refractivity contribution < 1.29 is 52.2 Å². The van der Waals surface area contributed by atoms with Gasteiger partial charge >= 0.3 is 10.4 Å². The highest BCUT2D eigenvalue weighted by molar-refractivity contribution is 7.80. The van der Waals surface area contributed by atoms with Gasteiger partial charge in [0.05, 0.1) is 13.2 Å². The van der Waals surface area contributed by atoms with Crippen LogP contribution in [0.5, 0.6) is 11.5 Å². The molecule has 1 aliphatic rings. The summed E-state index contributed by atoms with van der Waals surface area (Å²) in [6.07, 6.45) is -7.83. The van der Waals surface area contributed by atoms with Gasteiger partial charge in [0.15, 0.2) is 11.5 Å². The van der Waals surface area contributed by atoms with E-state index in [2.05, 4.69) is 4.18 Å². The maximum atomic E-state index is 10.7. The maximum absolute atomic E-state index is 10.7. The third-order valence-electron chi connectivity index (χ3n) is 3.52. The highest BCUT2D eigenvalue weighted by Crippen LogP contribution is 2.34. The SMILES string of the molecule is O=S(=O)(O)OCc1cccc(O)c1O[C@@H]1O[C@H](CO)[C@@H](O)[C@H](O)[C@H]1O. The normalized spacial score (nSPS) is 30.2. The molecule has 2 rings (SSSR count). The van der Waals surface area contributed by atoms with E-state index >= 15 is 0 Å². The number of benzene rings is 1. The molecule has 6 N–H and O–H groups in total. The predicted octanol–water partition coefficient (Wildman–Crippen LogP) is -2.11. The topological polar surface area (TPSA) is 183 Å². The van der Waals surface area contributed by atoms with Gasteiger partial charge in [-0.2, -0.15) is 8.42 Å². The fraction of sp³-hybridized carbons (Fsp3) is 0.538. The van der Waals surface area contributed by atoms with Crippen LogP contribution in [0.15, 0.2) is 18.2 Å². The van der Waals surface area contributed by atoms with Crippen LogP contribution in [0, 0.1) is 0 Å². The first-order valence-corrected chi connectivity index (χ1v) is 8.40. The van der Waals surface area contributed by atoms with E-state index in [4.69, 9.17) is 19.1 Å². The largest absolute Gasteiger partial charge is 0.504 e. The first kappa shape index (κ1) is 19.8. The average Bonchev–Trinajstić information content (AvgIpc) is 2.54. The van der Waals surface area contributed by atoms with Crippen molar-refractivity contribution in [3.8, 4) is 11.5 Å². The molecule has 1 saturated heterocycles. The summed E-state index contributed by atoms with van der Waals surface area (Å²) in [5.41, 5.74) is -0.0189. The zero-order valence-electron chi connectivity index (χ0n) is 12.7. The van der Waals surface area contributed by atoms with Crippen molar-refractivity contribution in [2.24, 2.45) is 0 Å². The lowest BCUT2D eigenvalue weighted by atomic mass is 9.99. The smallest absolute Gasteiger partial charge is 0.397 e. The van der Waals surface area contributed by atoms with Gasteiger partial charge in [-0.15, -0.1) is 0 Å². The second-order valence-electron chi connectivity index (χ2n) is 5.27. The Bertz CT molecular complexity index is 689. The number of phenols is 1. The van der Waals surface area contributed by atoms with Gasteiger partial charge < -0.3 is 35.0 Å². The van der Waals surface area contributed by atoms with Crippen molar-refractivity contribution in [2.45, 2.75) is 37.3 Å². The monoisotopic (exact) mass is 382 g/mol. The first-order chi connectivity index (χ1) is 11.6. The number of hydrogen-bond donors (Lipinski definition) is 6. The van der Waals surface area contributed by atoms with Crippen LogP contribution in [-0.2, 0) is 25.9 Å². The minimum atomic E-state index is -4.75. The molecule has 0 radical (unpaired) electrons. The fourth-order valence-electron chi connectivity index (χ4n) is 2.24. The maximum Gasteiger partial charge on any atom is 0.397 e. The molecule has 0 aromatic heterocycles. The van der Waals surface area contributed by atoms with Crippen molar-refractivity contribution in [1.29, 1.82) is 0 Å². The number of rotatable bonds is 6. The molecular formula is C13H18O11S. The van der Waals surface area contributed by atoms with E-state index in [0.29, 0.717) is 0 Å². The summed E-state index contributed by atoms with van der Waals surface area (Å²) in [4.78, 5) is 0. The van der Waals surface area contributed by atoms with Crippen molar-refractivity contribution in [1.82, 2.24) is 0 Å². The Morgan fingerprint density at radius 3 is 2.40 bits per heavy atom. The van der Waals surface area contributed by atoms with Gasteiger partial charge in [-0.3, -0.25) is 4.55 Å². The van der Waals surface area contributed by atoms with E-state index in [-0.39, 0.29) is 11.3 Å². The summed E-state index contributed by atoms with van der Waals surface area (Å²) in [5.74, 6) is -0.802. The minimum Gasteiger partial charge on any atom is -0.504 e. The molecule has 1 aromatic carbocycles. The summed E-state index contributed by atoms with van der Waals surface area (Å²) in [6, 6.07) is 3.85. The highest BCUT2D eigenvalue weighted by Gasteiger charge is 2.45. The predicted molar refractivity (Wildman–Crippen MR) is 78.8 cm³/mol. The Labute approximate surface area is 142 Å². The van der Waals surface area contributed by atoms with Crippen LogP contribution in [-0.4, -0.2) is 75.8 Å². The van der Waals surface area contributed by atoms with Crippen LogP contribution >= 0.6 is 0 Å². The van der Waals surface area contributed by atoms with Gasteiger partial charge in [-0.25, -0.2) is 4.18 Å². The number of aliphatic hydroxyl groups excluding tert-OH is 4. The van der Waals surface area contributed by atoms with Crippen LogP contribution in [0.1, 0.15) is 5.56 Å². The molecule has 1 fully saturated rings. The van der Waals surface area contributed by atoms with E-state index in [1.165, 1.54) is 18.2 Å². The zero-order chi connectivity index (χ0) is 18.8. The van der Waals surface area contributed by atoms with E-state index in [1.807, 2.05) is 0 Å². The second kappa shape index (κ2) is 7.80. The quantitative estimate of drug-likeness (QED) is 0.296. The molecule has 0 unspecified atom stereocenters. The van der Waals surface area contributed by atoms with Crippen LogP contribution in [0.25, 0.3) is 0 Å². The Balaban J connectivity index is 2.23. The number of hydrogen-bond acceptors (Lipinski definition) is 10. The Morgan fingerprint density at radius 2 is 1.80 bits per heavy atom. The summed E-state index contributed by atoms with van der Waals surface area (Å²) in [5, 5.41) is 48.4. The Morgan fingerprint density at radius 1 is 1.12 bits per heavy atom. The van der Waals surface area contributed by atoms with Crippen LogP contribution in [0.2, 0.25) is 0 Å². The fourth-order valence-corrected chi connectivity index (χ4v) is 2.52. The van der Waals surface area contributed by atoms with Crippen molar-refractivity contribution in [3.63, 3.8) is 0 Å². The Hall–Kier alpha value is -1.51. The summed E-state index contributed by atoms with van der Waals surface area (Å²) in [7, 11) is -4.75. The van der Waals surface area contributed by atoms with Gasteiger partial charge in [0, 0.05) is 5.56 Å². The minimum absolute atomic E-state index is 0.0189. The molecule has 0 aliphatic carbocycles. The van der Waals surface area contributed by atoms with E-state index in [9.17, 15) is 28.8 Å². The summed E-state index contributed by atoms with van der Waals surface area (Å²) in [6.45, 7) is -1.37. The van der Waals surface area contributed by atoms with E-state index in [0.717, 1.165) is 0 Å². The molecule has 0 bridgehead atoms. The molecule has 1 aromatic rings. The summed E-state index contributed by atoms with van der Waals surface area (Å²) < 4.78 is 44.6. The number of aromatic hydroxyl groups is 1. The summed E-state index contributed by atoms with van der Waals surface area (Å²) >= 11 is 0. The number of ether oxygens (including phenoxy) is 2. The number of aliphatic hydroxyl groups is 4. The molecule has 11 nitrogen and oxygen atoms in total. The lowest BCUT2D eigenvalue weighted by Crippen LogP contribution is -2.60. The molecular weight excluding hydrogens is 364 g/mol. The van der Waals surface area contributed by atoms with Gasteiger partial charge in [0.2, 0.25) is 6.29 Å². The third-order valence-corrected chi connectivity index (χ3v) is 3.94. The molecule has 0 saturated carbocycles. The van der Waals surface area contributed by atoms with Gasteiger partial charge in [0.25, 0.3) is 0 Å². The lowest BCUT2D eigenvalue weighted by Gasteiger charge is -2.39. The average molecular weight is 382 g/mol. The number of phenolic OH excluding ortho intramolecular Hbond substituents is 1. The molecule has 0 amide bonds. The molecule has 1 aliphatic heterocycles. The Kier molecular flexibility index (Phi) is 6.18. The third kappa shape index (κ3) is 4.77. The first-order valence-electron chi connectivity index (χ1n) is 7.04. The van der Waals surface area contributed by atoms with Crippen molar-refractivity contribution in [2.75, 3.05) is 6.61 Å². The lowest BCUT2D eigenvalue weighted by molar-refractivity contribution is -0.277. The molecule has 1 heterocycles. The van der Waals surface area contributed by atoms with Crippen LogP contribution < -0.4 is 4.74 Å². The number of para-hydroxylation sites is 1. The molecule has 5 atom stereocenters. The van der Waals surface area contributed by atoms with E-state index in [1.54, 1.807) is 0 Å². The van der Waals surface area contributed by atoms with Crippen LogP contribution in [0.3, 0.4) is 0 Å². The van der Waals surface area contributed by atoms with Gasteiger partial charge in [-0.05, 0) is 6.07 Å². The van der Waals surface area contributed by atoms with Crippen molar-refractivity contribution in [3.05, 3.63) is 23.8 Å². The molecule has 25 heavy (non-hydrogen) atoms. The van der Waals surface area contributed by atoms with Gasteiger partial charge in [0.1, 0.15) is 24.4 Å². The second-order valence-corrected chi connectivity index (χ2v) is 6.36. The molecule has 12 heteroatoms. The standard InChI is InChI=1S/C13H18O11S/c14-4-8-9(16)10(17)11(18)13(23-8)24-12-6(2-1-3-7(12)15)5-22-25(19,20)21/h1-3,8-11,13-18H,4-5H2,(H,19,20,21)/t8-,9-,10+,11-,13+/m1/s1. The molecule has 142 valence electrons. The molecule has 0 spiro atoms. The highest BCUT2D eigenvalue weighted by atomic mass is 32.3. The zero-order valence-corrected chi connectivity index (χ0v) is 13.5. The van der Waals surface area contributed by atoms with E-state index < -0.39 is 60.1 Å². The van der Waals surface area contributed by atoms with Gasteiger partial charge in [-0.1, -0.05) is 12.1 Å². The van der Waals surface area contributed by atoms with Crippen LogP contribution in [0.4, 0.5) is 0 Å². The van der Waals surface area contributed by atoms with Crippen molar-refractivity contribution >= 4 is 10.4 Å².